The number of carbonyl (C=O) groups excluding carboxylic acids is 3. The number of imide groups is 1. The van der Waals surface area contributed by atoms with Crippen LogP contribution in [0.4, 0.5) is 0 Å². The lowest BCUT2D eigenvalue weighted by molar-refractivity contribution is -0.135. The second kappa shape index (κ2) is 11.4. The number of nitrogens with one attached hydrogen (secondary N) is 1. The van der Waals surface area contributed by atoms with Gasteiger partial charge in [0.25, 0.3) is 11.8 Å². The lowest BCUT2D eigenvalue weighted by atomic mass is 9.97. The van der Waals surface area contributed by atoms with Crippen molar-refractivity contribution >= 4 is 23.8 Å². The van der Waals surface area contributed by atoms with Gasteiger partial charge in [-0.3, -0.25) is 24.1 Å². The van der Waals surface area contributed by atoms with E-state index in [1.165, 1.54) is 10.5 Å². The summed E-state index contributed by atoms with van der Waals surface area (Å²) in [6, 6.07) is 20.9. The summed E-state index contributed by atoms with van der Waals surface area (Å²) in [7, 11) is 1.62. The Balaban J connectivity index is 1.44. The van der Waals surface area contributed by atoms with Crippen LogP contribution in [0.5, 0.6) is 5.75 Å². The van der Waals surface area contributed by atoms with Crippen LogP contribution in [-0.4, -0.2) is 29.7 Å². The second-order valence-electron chi connectivity index (χ2n) is 9.56. The van der Waals surface area contributed by atoms with E-state index in [0.717, 1.165) is 36.8 Å². The average Bonchev–Trinajstić information content (AvgIpc) is 3.54. The average molecular weight is 511 g/mol. The van der Waals surface area contributed by atoms with Gasteiger partial charge in [-0.2, -0.15) is 0 Å². The van der Waals surface area contributed by atoms with E-state index < -0.39 is 23.8 Å². The molecule has 1 heterocycles. The standard InChI is InChI=1S/C31H30N2O5/c1-37-28-16-15-23(18-24(28)17-21-9-5-6-10-21)27(19-29(34)32-38-20-22-11-3-2-4-12-22)33-30(35)25-13-7-8-14-26(25)31(33)36/h2-4,7-8,11-18,27H,5-6,9-10,19-20H2,1H3,(H,32,34). The lowest BCUT2D eigenvalue weighted by Gasteiger charge is -2.27. The molecule has 3 aromatic carbocycles. The van der Waals surface area contributed by atoms with Crippen LogP contribution in [0.15, 0.2) is 78.4 Å². The molecule has 5 rings (SSSR count). The molecule has 2 aliphatic rings. The number of hydroxylamine groups is 1. The molecule has 7 heteroatoms. The number of rotatable bonds is 9. The molecular formula is C31H30N2O5. The SMILES string of the molecule is COc1ccc(C(CC(=O)NOCc2ccccc2)N2C(=O)c3ccccc3C2=O)cc1C=C1CCCC1. The molecule has 3 aromatic rings. The number of nitrogens with zero attached hydrogens (tertiary/aromatic N) is 1. The molecular weight excluding hydrogens is 480 g/mol. The van der Waals surface area contributed by atoms with Gasteiger partial charge in [-0.25, -0.2) is 5.48 Å². The molecule has 194 valence electrons. The molecule has 3 amide bonds. The summed E-state index contributed by atoms with van der Waals surface area (Å²) < 4.78 is 5.59. The van der Waals surface area contributed by atoms with Crippen LogP contribution in [0.1, 0.15) is 75.6 Å². The normalized spacial score (nSPS) is 15.4. The topological polar surface area (TPSA) is 84.9 Å². The van der Waals surface area contributed by atoms with E-state index in [2.05, 4.69) is 11.6 Å². The van der Waals surface area contributed by atoms with Crippen molar-refractivity contribution in [3.8, 4) is 5.75 Å². The molecule has 0 bridgehead atoms. The van der Waals surface area contributed by atoms with Gasteiger partial charge in [0.15, 0.2) is 0 Å². The van der Waals surface area contributed by atoms with E-state index in [1.807, 2.05) is 48.5 Å². The minimum Gasteiger partial charge on any atom is -0.496 e. The largest absolute Gasteiger partial charge is 0.496 e. The summed E-state index contributed by atoms with van der Waals surface area (Å²) >= 11 is 0. The molecule has 0 radical (unpaired) electrons. The molecule has 1 unspecified atom stereocenters. The number of ether oxygens (including phenoxy) is 1. The maximum Gasteiger partial charge on any atom is 0.262 e. The Labute approximate surface area is 222 Å². The molecule has 1 N–H and O–H groups in total. The zero-order chi connectivity index (χ0) is 26.5. The summed E-state index contributed by atoms with van der Waals surface area (Å²) in [6.07, 6.45) is 6.37. The number of methoxy groups -OCH3 is 1. The zero-order valence-electron chi connectivity index (χ0n) is 21.3. The van der Waals surface area contributed by atoms with Gasteiger partial charge < -0.3 is 4.74 Å². The summed E-state index contributed by atoms with van der Waals surface area (Å²) in [5, 5.41) is 0. The van der Waals surface area contributed by atoms with Crippen LogP contribution in [0.3, 0.4) is 0 Å². The highest BCUT2D eigenvalue weighted by Gasteiger charge is 2.41. The number of benzene rings is 3. The first-order valence-corrected chi connectivity index (χ1v) is 12.8. The van der Waals surface area contributed by atoms with Crippen molar-refractivity contribution in [1.29, 1.82) is 0 Å². The predicted molar refractivity (Wildman–Crippen MR) is 143 cm³/mol. The molecule has 1 aliphatic carbocycles. The fraction of sp³-hybridized carbons (Fsp3) is 0.258. The Morgan fingerprint density at radius 1 is 0.947 bits per heavy atom. The number of allylic oxidation sites excluding steroid dienone is 1. The van der Waals surface area contributed by atoms with E-state index in [1.54, 1.807) is 31.4 Å². The van der Waals surface area contributed by atoms with Gasteiger partial charge >= 0.3 is 0 Å². The van der Waals surface area contributed by atoms with Crippen molar-refractivity contribution in [2.24, 2.45) is 0 Å². The smallest absolute Gasteiger partial charge is 0.262 e. The van der Waals surface area contributed by atoms with Crippen molar-refractivity contribution in [3.05, 3.63) is 106 Å². The maximum atomic E-state index is 13.4. The molecule has 0 spiro atoms. The van der Waals surface area contributed by atoms with Gasteiger partial charge in [-0.1, -0.05) is 60.2 Å². The summed E-state index contributed by atoms with van der Waals surface area (Å²) in [5.74, 6) is -0.570. The third kappa shape index (κ3) is 5.38. The Hall–Kier alpha value is -4.23. The van der Waals surface area contributed by atoms with E-state index >= 15 is 0 Å². The summed E-state index contributed by atoms with van der Waals surface area (Å²) in [4.78, 5) is 46.4. The Kier molecular flexibility index (Phi) is 7.65. The van der Waals surface area contributed by atoms with Crippen molar-refractivity contribution in [3.63, 3.8) is 0 Å². The molecule has 1 atom stereocenters. The number of amides is 3. The van der Waals surface area contributed by atoms with Gasteiger partial charge in [-0.15, -0.1) is 0 Å². The van der Waals surface area contributed by atoms with Crippen LogP contribution < -0.4 is 10.2 Å². The van der Waals surface area contributed by atoms with E-state index in [9.17, 15) is 14.4 Å². The second-order valence-corrected chi connectivity index (χ2v) is 9.56. The van der Waals surface area contributed by atoms with Gasteiger partial charge in [0.05, 0.1) is 37.3 Å². The minimum atomic E-state index is -0.825. The number of hydrogen-bond acceptors (Lipinski definition) is 5. The molecule has 38 heavy (non-hydrogen) atoms. The highest BCUT2D eigenvalue weighted by Crippen LogP contribution is 2.36. The van der Waals surface area contributed by atoms with Crippen LogP contribution >= 0.6 is 0 Å². The van der Waals surface area contributed by atoms with Crippen molar-refractivity contribution in [2.45, 2.75) is 44.8 Å². The van der Waals surface area contributed by atoms with Crippen molar-refractivity contribution in [2.75, 3.05) is 7.11 Å². The van der Waals surface area contributed by atoms with Gasteiger partial charge in [0.2, 0.25) is 5.91 Å². The lowest BCUT2D eigenvalue weighted by Crippen LogP contribution is -2.37. The van der Waals surface area contributed by atoms with Crippen LogP contribution in [-0.2, 0) is 16.2 Å². The first-order chi connectivity index (χ1) is 18.5. The third-order valence-electron chi connectivity index (χ3n) is 7.03. The van der Waals surface area contributed by atoms with E-state index in [4.69, 9.17) is 9.57 Å². The fourth-order valence-corrected chi connectivity index (χ4v) is 5.11. The monoisotopic (exact) mass is 510 g/mol. The number of hydrogen-bond donors (Lipinski definition) is 1. The highest BCUT2D eigenvalue weighted by molar-refractivity contribution is 6.21. The Bertz CT molecular complexity index is 1340. The molecule has 7 nitrogen and oxygen atoms in total. The molecule has 0 aromatic heterocycles. The Morgan fingerprint density at radius 3 is 2.26 bits per heavy atom. The van der Waals surface area contributed by atoms with E-state index in [0.29, 0.717) is 22.4 Å². The zero-order valence-corrected chi connectivity index (χ0v) is 21.3. The highest BCUT2D eigenvalue weighted by atomic mass is 16.6. The summed E-state index contributed by atoms with van der Waals surface area (Å²) in [6.45, 7) is 0.199. The van der Waals surface area contributed by atoms with Crippen LogP contribution in [0.2, 0.25) is 0 Å². The first-order valence-electron chi connectivity index (χ1n) is 12.8. The van der Waals surface area contributed by atoms with E-state index in [-0.39, 0.29) is 13.0 Å². The van der Waals surface area contributed by atoms with Gasteiger partial charge in [0.1, 0.15) is 5.75 Å². The van der Waals surface area contributed by atoms with Crippen molar-refractivity contribution in [1.82, 2.24) is 10.4 Å². The first kappa shape index (κ1) is 25.4. The van der Waals surface area contributed by atoms with Crippen LogP contribution in [0.25, 0.3) is 6.08 Å². The molecule has 1 saturated carbocycles. The quantitative estimate of drug-likeness (QED) is 0.298. The molecule has 1 aliphatic heterocycles. The third-order valence-corrected chi connectivity index (χ3v) is 7.03. The van der Waals surface area contributed by atoms with Gasteiger partial charge in [0, 0.05) is 5.56 Å². The predicted octanol–water partition coefficient (Wildman–Crippen LogP) is 5.63. The summed E-state index contributed by atoms with van der Waals surface area (Å²) in [5.41, 5.74) is 6.93. The molecule has 0 saturated heterocycles. The molecule has 1 fully saturated rings. The Morgan fingerprint density at radius 2 is 1.61 bits per heavy atom. The fourth-order valence-electron chi connectivity index (χ4n) is 5.11. The van der Waals surface area contributed by atoms with Gasteiger partial charge in [-0.05, 0) is 61.1 Å². The maximum absolute atomic E-state index is 13.4. The van der Waals surface area contributed by atoms with Crippen LogP contribution in [0, 0.1) is 0 Å². The van der Waals surface area contributed by atoms with Crippen molar-refractivity contribution < 1.29 is 24.0 Å². The number of fused-ring (bicyclic) bond motifs is 1. The minimum absolute atomic E-state index is 0.150. The number of carbonyl (C=O) groups is 3.